The summed E-state index contributed by atoms with van der Waals surface area (Å²) >= 11 is 0. The van der Waals surface area contributed by atoms with Gasteiger partial charge >= 0.3 is 0 Å². The van der Waals surface area contributed by atoms with Gasteiger partial charge < -0.3 is 9.88 Å². The molecule has 0 aromatic carbocycles. The lowest BCUT2D eigenvalue weighted by Gasteiger charge is -2.19. The summed E-state index contributed by atoms with van der Waals surface area (Å²) in [4.78, 5) is 29.0. The first-order valence-electron chi connectivity index (χ1n) is 6.69. The standard InChI is InChI=1S/C13H20N4O3/c1-15-4-3-10(7-15)8-16(2)9-13(18)12-5-11(6-14-12)17(19)20/h5-6,10,14H,3-4,7-9H2,1-2H3. The Kier molecular flexibility index (Phi) is 4.51. The van der Waals surface area contributed by atoms with Crippen LogP contribution in [0.25, 0.3) is 0 Å². The summed E-state index contributed by atoms with van der Waals surface area (Å²) in [5, 5.41) is 10.6. The number of hydrogen-bond acceptors (Lipinski definition) is 5. The number of nitrogens with zero attached hydrogens (tertiary/aromatic N) is 3. The SMILES string of the molecule is CN1CCC(CN(C)CC(=O)c2cc([N+](=O)[O-])c[nH]2)C1. The fraction of sp³-hybridized carbons (Fsp3) is 0.615. The average molecular weight is 280 g/mol. The predicted octanol–water partition coefficient (Wildman–Crippen LogP) is 0.989. The quantitative estimate of drug-likeness (QED) is 0.477. The van der Waals surface area contributed by atoms with Gasteiger partial charge in [0.1, 0.15) is 0 Å². The number of aromatic nitrogens is 1. The van der Waals surface area contributed by atoms with Crippen LogP contribution in [0.15, 0.2) is 12.3 Å². The molecule has 1 fully saturated rings. The average Bonchev–Trinajstić information content (AvgIpc) is 2.98. The zero-order chi connectivity index (χ0) is 14.7. The summed E-state index contributed by atoms with van der Waals surface area (Å²) in [5.41, 5.74) is 0.223. The number of carbonyl (C=O) groups is 1. The molecular weight excluding hydrogens is 260 g/mol. The van der Waals surface area contributed by atoms with E-state index in [1.165, 1.54) is 12.3 Å². The molecule has 2 heterocycles. The van der Waals surface area contributed by atoms with Crippen LogP contribution in [-0.2, 0) is 0 Å². The van der Waals surface area contributed by atoms with E-state index in [1.54, 1.807) is 0 Å². The fourth-order valence-corrected chi connectivity index (χ4v) is 2.66. The molecule has 0 amide bonds. The molecule has 110 valence electrons. The van der Waals surface area contributed by atoms with E-state index in [9.17, 15) is 14.9 Å². The number of ketones is 1. The number of carbonyl (C=O) groups excluding carboxylic acids is 1. The third kappa shape index (κ3) is 3.64. The second-order valence-electron chi connectivity index (χ2n) is 5.57. The van der Waals surface area contributed by atoms with Crippen molar-refractivity contribution in [3.63, 3.8) is 0 Å². The van der Waals surface area contributed by atoms with Gasteiger partial charge in [0.15, 0.2) is 5.78 Å². The van der Waals surface area contributed by atoms with E-state index in [0.29, 0.717) is 11.6 Å². The molecule has 0 spiro atoms. The van der Waals surface area contributed by atoms with Gasteiger partial charge in [0.2, 0.25) is 0 Å². The number of nitrogens with one attached hydrogen (secondary N) is 1. The highest BCUT2D eigenvalue weighted by atomic mass is 16.6. The van der Waals surface area contributed by atoms with Crippen LogP contribution in [0.2, 0.25) is 0 Å². The number of nitro groups is 1. The Labute approximate surface area is 117 Å². The Hall–Kier alpha value is -1.73. The molecule has 1 aliphatic heterocycles. The summed E-state index contributed by atoms with van der Waals surface area (Å²) in [6.07, 6.45) is 2.40. The van der Waals surface area contributed by atoms with Gasteiger partial charge in [-0.05, 0) is 33.0 Å². The highest BCUT2D eigenvalue weighted by Gasteiger charge is 2.22. The molecule has 1 aliphatic rings. The minimum absolute atomic E-state index is 0.0755. The number of H-pyrrole nitrogens is 1. The van der Waals surface area contributed by atoms with Gasteiger partial charge in [-0.1, -0.05) is 0 Å². The number of aromatic amines is 1. The van der Waals surface area contributed by atoms with Crippen molar-refractivity contribution in [3.05, 3.63) is 28.1 Å². The van der Waals surface area contributed by atoms with Gasteiger partial charge in [-0.2, -0.15) is 0 Å². The van der Waals surface area contributed by atoms with Gasteiger partial charge in [-0.15, -0.1) is 0 Å². The molecule has 1 aromatic rings. The molecule has 0 bridgehead atoms. The van der Waals surface area contributed by atoms with E-state index in [4.69, 9.17) is 0 Å². The van der Waals surface area contributed by atoms with Gasteiger partial charge in [0, 0.05) is 19.2 Å². The molecule has 7 nitrogen and oxygen atoms in total. The molecule has 1 atom stereocenters. The Bertz CT molecular complexity index is 500. The second kappa shape index (κ2) is 6.15. The van der Waals surface area contributed by atoms with Crippen molar-refractivity contribution in [2.45, 2.75) is 6.42 Å². The molecule has 1 aromatic heterocycles. The van der Waals surface area contributed by atoms with Crippen molar-refractivity contribution in [1.29, 1.82) is 0 Å². The summed E-state index contributed by atoms with van der Waals surface area (Å²) in [5.74, 6) is 0.475. The molecule has 0 radical (unpaired) electrons. The monoisotopic (exact) mass is 280 g/mol. The summed E-state index contributed by atoms with van der Waals surface area (Å²) in [7, 11) is 4.01. The Balaban J connectivity index is 1.85. The van der Waals surface area contributed by atoms with Crippen molar-refractivity contribution in [3.8, 4) is 0 Å². The van der Waals surface area contributed by atoms with Crippen LogP contribution in [0, 0.1) is 16.0 Å². The van der Waals surface area contributed by atoms with E-state index in [-0.39, 0.29) is 18.0 Å². The second-order valence-corrected chi connectivity index (χ2v) is 5.57. The van der Waals surface area contributed by atoms with Crippen molar-refractivity contribution < 1.29 is 9.72 Å². The first kappa shape index (κ1) is 14.7. The van der Waals surface area contributed by atoms with Crippen LogP contribution in [0.4, 0.5) is 5.69 Å². The molecule has 1 saturated heterocycles. The zero-order valence-electron chi connectivity index (χ0n) is 11.8. The van der Waals surface area contributed by atoms with Crippen molar-refractivity contribution in [2.75, 3.05) is 40.3 Å². The van der Waals surface area contributed by atoms with E-state index in [0.717, 1.165) is 26.1 Å². The first-order valence-corrected chi connectivity index (χ1v) is 6.69. The maximum absolute atomic E-state index is 12.0. The molecule has 20 heavy (non-hydrogen) atoms. The summed E-state index contributed by atoms with van der Waals surface area (Å²) in [6.45, 7) is 3.32. The molecule has 0 aliphatic carbocycles. The lowest BCUT2D eigenvalue weighted by atomic mass is 10.1. The lowest BCUT2D eigenvalue weighted by Crippen LogP contribution is -2.32. The molecule has 2 rings (SSSR count). The third-order valence-corrected chi connectivity index (χ3v) is 3.65. The number of hydrogen-bond donors (Lipinski definition) is 1. The third-order valence-electron chi connectivity index (χ3n) is 3.65. The number of Topliss-reactive ketones (excluding diaryl/α,β-unsaturated/α-hetero) is 1. The van der Waals surface area contributed by atoms with Crippen LogP contribution < -0.4 is 0 Å². The molecular formula is C13H20N4O3. The lowest BCUT2D eigenvalue weighted by molar-refractivity contribution is -0.384. The largest absolute Gasteiger partial charge is 0.353 e. The highest BCUT2D eigenvalue weighted by molar-refractivity contribution is 5.96. The van der Waals surface area contributed by atoms with Crippen LogP contribution in [0.1, 0.15) is 16.9 Å². The number of likely N-dealkylation sites (tertiary alicyclic amines) is 1. The van der Waals surface area contributed by atoms with Gasteiger partial charge in [-0.3, -0.25) is 19.8 Å². The Morgan fingerprint density at radius 2 is 2.40 bits per heavy atom. The normalized spacial score (nSPS) is 19.6. The Morgan fingerprint density at radius 3 is 2.95 bits per heavy atom. The first-order chi connectivity index (χ1) is 9.45. The van der Waals surface area contributed by atoms with E-state index in [1.807, 2.05) is 11.9 Å². The maximum Gasteiger partial charge on any atom is 0.287 e. The van der Waals surface area contributed by atoms with Crippen LogP contribution >= 0.6 is 0 Å². The van der Waals surface area contributed by atoms with Gasteiger partial charge in [-0.25, -0.2) is 0 Å². The molecule has 0 saturated carbocycles. The minimum atomic E-state index is -0.509. The van der Waals surface area contributed by atoms with E-state index in [2.05, 4.69) is 16.9 Å². The van der Waals surface area contributed by atoms with Crippen LogP contribution in [0.5, 0.6) is 0 Å². The van der Waals surface area contributed by atoms with Crippen LogP contribution in [0.3, 0.4) is 0 Å². The minimum Gasteiger partial charge on any atom is -0.353 e. The maximum atomic E-state index is 12.0. The zero-order valence-corrected chi connectivity index (χ0v) is 11.8. The molecule has 1 unspecified atom stereocenters. The van der Waals surface area contributed by atoms with Crippen molar-refractivity contribution >= 4 is 11.5 Å². The highest BCUT2D eigenvalue weighted by Crippen LogP contribution is 2.16. The van der Waals surface area contributed by atoms with Gasteiger partial charge in [0.05, 0.1) is 23.4 Å². The van der Waals surface area contributed by atoms with E-state index < -0.39 is 4.92 Å². The fourth-order valence-electron chi connectivity index (χ4n) is 2.66. The number of rotatable bonds is 6. The number of likely N-dealkylation sites (N-methyl/N-ethyl adjacent to an activating group) is 1. The molecule has 7 heteroatoms. The predicted molar refractivity (Wildman–Crippen MR) is 74.9 cm³/mol. The van der Waals surface area contributed by atoms with E-state index >= 15 is 0 Å². The van der Waals surface area contributed by atoms with Crippen molar-refractivity contribution in [1.82, 2.24) is 14.8 Å². The van der Waals surface area contributed by atoms with Crippen LogP contribution in [-0.4, -0.2) is 65.8 Å². The topological polar surface area (TPSA) is 82.5 Å². The smallest absolute Gasteiger partial charge is 0.287 e. The molecule has 1 N–H and O–H groups in total. The summed E-state index contributed by atoms with van der Waals surface area (Å²) < 4.78 is 0. The summed E-state index contributed by atoms with van der Waals surface area (Å²) in [6, 6.07) is 1.29. The Morgan fingerprint density at radius 1 is 1.65 bits per heavy atom. The van der Waals surface area contributed by atoms with Crippen molar-refractivity contribution in [2.24, 2.45) is 5.92 Å². The van der Waals surface area contributed by atoms with Gasteiger partial charge in [0.25, 0.3) is 5.69 Å².